The van der Waals surface area contributed by atoms with Gasteiger partial charge in [0.2, 0.25) is 0 Å². The third kappa shape index (κ3) is 4.41. The summed E-state index contributed by atoms with van der Waals surface area (Å²) in [5, 5.41) is 3.60. The number of unbranched alkanes of at least 4 members (excludes halogenated alkanes) is 3. The zero-order valence-corrected chi connectivity index (χ0v) is 17.4. The minimum absolute atomic E-state index is 0.792. The topological polar surface area (TPSA) is 24.5 Å². The normalized spacial score (nSPS) is 13.2. The molecule has 0 unspecified atom stereocenters. The zero-order valence-electron chi connectivity index (χ0n) is 17.4. The van der Waals surface area contributed by atoms with Gasteiger partial charge in [-0.05, 0) is 37.1 Å². The lowest BCUT2D eigenvalue weighted by Crippen LogP contribution is -2.32. The second-order valence-electron chi connectivity index (χ2n) is 7.39. The molecule has 1 aliphatic heterocycles. The quantitative estimate of drug-likeness (QED) is 0.539. The molecule has 0 fully saturated rings. The van der Waals surface area contributed by atoms with Crippen molar-refractivity contribution < 1.29 is 4.74 Å². The number of anilines is 1. The Morgan fingerprint density at radius 1 is 1.04 bits per heavy atom. The van der Waals surface area contributed by atoms with Gasteiger partial charge < -0.3 is 15.0 Å². The number of nitrogens with zero attached hydrogens (tertiary/aromatic N) is 1. The van der Waals surface area contributed by atoms with Crippen LogP contribution in [0.4, 0.5) is 5.69 Å². The average molecular weight is 377 g/mol. The molecule has 3 nitrogen and oxygen atoms in total. The van der Waals surface area contributed by atoms with Crippen molar-refractivity contribution in [3.05, 3.63) is 77.1 Å². The zero-order chi connectivity index (χ0) is 19.9. The summed E-state index contributed by atoms with van der Waals surface area (Å²) in [6.07, 6.45) is 7.15. The van der Waals surface area contributed by atoms with Crippen LogP contribution < -0.4 is 15.0 Å². The lowest BCUT2D eigenvalue weighted by molar-refractivity contribution is 0.411. The number of nitrogens with one attached hydrogen (secondary N) is 1. The van der Waals surface area contributed by atoms with E-state index in [0.717, 1.165) is 36.7 Å². The molecule has 1 N–H and O–H groups in total. The van der Waals surface area contributed by atoms with Crippen molar-refractivity contribution in [2.24, 2.45) is 0 Å². The molecule has 2 aromatic carbocycles. The molecule has 0 amide bonds. The van der Waals surface area contributed by atoms with Crippen LogP contribution >= 0.6 is 0 Å². The van der Waals surface area contributed by atoms with E-state index in [0.29, 0.717) is 0 Å². The van der Waals surface area contributed by atoms with Gasteiger partial charge in [-0.2, -0.15) is 0 Å². The summed E-state index contributed by atoms with van der Waals surface area (Å²) in [6, 6.07) is 14.7. The Morgan fingerprint density at radius 2 is 1.82 bits per heavy atom. The second-order valence-corrected chi connectivity index (χ2v) is 7.39. The molecule has 0 atom stereocenters. The molecule has 0 saturated heterocycles. The highest BCUT2D eigenvalue weighted by molar-refractivity contribution is 5.82. The number of rotatable bonds is 9. The summed E-state index contributed by atoms with van der Waals surface area (Å²) < 4.78 is 5.58. The third-order valence-corrected chi connectivity index (χ3v) is 5.40. The molecule has 0 bridgehead atoms. The minimum atomic E-state index is 0.792. The van der Waals surface area contributed by atoms with Crippen molar-refractivity contribution in [1.82, 2.24) is 5.32 Å². The maximum Gasteiger partial charge on any atom is 0.123 e. The summed E-state index contributed by atoms with van der Waals surface area (Å²) in [7, 11) is 1.74. The van der Waals surface area contributed by atoms with Crippen molar-refractivity contribution in [2.45, 2.75) is 46.1 Å². The van der Waals surface area contributed by atoms with Crippen molar-refractivity contribution >= 4 is 11.8 Å². The highest BCUT2D eigenvalue weighted by Gasteiger charge is 2.24. The lowest BCUT2D eigenvalue weighted by Gasteiger charge is -2.35. The number of ether oxygens (including phenoxy) is 1. The van der Waals surface area contributed by atoms with Gasteiger partial charge in [-0.25, -0.2) is 0 Å². The number of benzene rings is 2. The van der Waals surface area contributed by atoms with Gasteiger partial charge in [0.05, 0.1) is 24.2 Å². The Bertz CT molecular complexity index is 839. The number of hydrogen-bond acceptors (Lipinski definition) is 3. The van der Waals surface area contributed by atoms with Crippen molar-refractivity contribution in [3.8, 4) is 5.75 Å². The SMILES string of the molecule is C=C1C(NCc2ccccc2)=Cc2ccc(OC)c(C)c2N1CCCCCC. The molecule has 3 rings (SSSR count). The summed E-state index contributed by atoms with van der Waals surface area (Å²) in [4.78, 5) is 2.37. The van der Waals surface area contributed by atoms with Crippen molar-refractivity contribution in [2.75, 3.05) is 18.6 Å². The lowest BCUT2D eigenvalue weighted by atomic mass is 9.98. The van der Waals surface area contributed by atoms with Crippen LogP contribution in [0.2, 0.25) is 0 Å². The van der Waals surface area contributed by atoms with Gasteiger partial charge in [0.25, 0.3) is 0 Å². The van der Waals surface area contributed by atoms with Crippen LogP contribution in [0, 0.1) is 6.92 Å². The molecule has 1 aliphatic rings. The fraction of sp³-hybridized carbons (Fsp3) is 0.360. The predicted molar refractivity (Wildman–Crippen MR) is 120 cm³/mol. The minimum Gasteiger partial charge on any atom is -0.496 e. The summed E-state index contributed by atoms with van der Waals surface area (Å²) in [5.41, 5.74) is 7.02. The van der Waals surface area contributed by atoms with E-state index in [-0.39, 0.29) is 0 Å². The van der Waals surface area contributed by atoms with Gasteiger partial charge >= 0.3 is 0 Å². The van der Waals surface area contributed by atoms with Gasteiger partial charge in [0.1, 0.15) is 5.75 Å². The standard InChI is InChI=1S/C25H32N2O/c1-5-6-7-11-16-27-20(3)23(26-18-21-12-9-8-10-13-21)17-22-14-15-24(28-4)19(2)25(22)27/h8-10,12-15,17,26H,3,5-7,11,16,18H2,1-2,4H3. The summed E-state index contributed by atoms with van der Waals surface area (Å²) in [6.45, 7) is 10.6. The van der Waals surface area contributed by atoms with E-state index in [1.165, 1.54) is 41.6 Å². The van der Waals surface area contributed by atoms with Crippen LogP contribution in [0.15, 0.2) is 60.4 Å². The van der Waals surface area contributed by atoms with Crippen LogP contribution in [-0.2, 0) is 6.54 Å². The van der Waals surface area contributed by atoms with Gasteiger partial charge in [0.15, 0.2) is 0 Å². The molecule has 0 radical (unpaired) electrons. The van der Waals surface area contributed by atoms with Crippen LogP contribution in [-0.4, -0.2) is 13.7 Å². The fourth-order valence-electron chi connectivity index (χ4n) is 3.81. The van der Waals surface area contributed by atoms with Gasteiger partial charge in [-0.3, -0.25) is 0 Å². The molecular formula is C25H32N2O. The molecular weight excluding hydrogens is 344 g/mol. The van der Waals surface area contributed by atoms with E-state index in [2.05, 4.69) is 73.1 Å². The fourth-order valence-corrected chi connectivity index (χ4v) is 3.81. The van der Waals surface area contributed by atoms with E-state index >= 15 is 0 Å². The predicted octanol–water partition coefficient (Wildman–Crippen LogP) is 6.05. The van der Waals surface area contributed by atoms with E-state index in [1.54, 1.807) is 7.11 Å². The van der Waals surface area contributed by atoms with Crippen LogP contribution in [0.25, 0.3) is 6.08 Å². The average Bonchev–Trinajstić information content (AvgIpc) is 2.72. The third-order valence-electron chi connectivity index (χ3n) is 5.40. The van der Waals surface area contributed by atoms with Crippen LogP contribution in [0.1, 0.15) is 49.3 Å². The maximum atomic E-state index is 5.58. The Balaban J connectivity index is 1.87. The summed E-state index contributed by atoms with van der Waals surface area (Å²) >= 11 is 0. The Kier molecular flexibility index (Phi) is 6.80. The molecule has 28 heavy (non-hydrogen) atoms. The van der Waals surface area contributed by atoms with E-state index in [9.17, 15) is 0 Å². The van der Waals surface area contributed by atoms with Crippen molar-refractivity contribution in [3.63, 3.8) is 0 Å². The van der Waals surface area contributed by atoms with Crippen LogP contribution in [0.5, 0.6) is 5.75 Å². The number of methoxy groups -OCH3 is 1. The first-order valence-corrected chi connectivity index (χ1v) is 10.3. The molecule has 0 spiro atoms. The highest BCUT2D eigenvalue weighted by atomic mass is 16.5. The van der Waals surface area contributed by atoms with E-state index in [1.807, 2.05) is 6.07 Å². The Morgan fingerprint density at radius 3 is 2.54 bits per heavy atom. The first kappa shape index (κ1) is 20.1. The van der Waals surface area contributed by atoms with Gasteiger partial charge in [-0.1, -0.05) is 63.1 Å². The van der Waals surface area contributed by atoms with Gasteiger partial charge in [0, 0.05) is 24.2 Å². The highest BCUT2D eigenvalue weighted by Crippen LogP contribution is 2.40. The van der Waals surface area contributed by atoms with E-state index < -0.39 is 0 Å². The smallest absolute Gasteiger partial charge is 0.123 e. The summed E-state index contributed by atoms with van der Waals surface area (Å²) in [5.74, 6) is 0.930. The molecule has 3 heteroatoms. The largest absolute Gasteiger partial charge is 0.496 e. The first-order chi connectivity index (χ1) is 13.7. The number of hydrogen-bond donors (Lipinski definition) is 1. The van der Waals surface area contributed by atoms with E-state index in [4.69, 9.17) is 4.74 Å². The molecule has 1 heterocycles. The first-order valence-electron chi connectivity index (χ1n) is 10.3. The molecule has 0 aliphatic carbocycles. The molecule has 0 aromatic heterocycles. The van der Waals surface area contributed by atoms with Crippen LogP contribution in [0.3, 0.4) is 0 Å². The molecule has 2 aromatic rings. The molecule has 0 saturated carbocycles. The Labute approximate surface area is 169 Å². The maximum absolute atomic E-state index is 5.58. The Hall–Kier alpha value is -2.68. The number of fused-ring (bicyclic) bond motifs is 1. The van der Waals surface area contributed by atoms with Crippen molar-refractivity contribution in [1.29, 1.82) is 0 Å². The van der Waals surface area contributed by atoms with Gasteiger partial charge in [-0.15, -0.1) is 0 Å². The second kappa shape index (κ2) is 9.50. The molecule has 148 valence electrons. The monoisotopic (exact) mass is 376 g/mol.